The summed E-state index contributed by atoms with van der Waals surface area (Å²) in [6.45, 7) is 3.07. The van der Waals surface area contributed by atoms with Crippen molar-refractivity contribution in [2.45, 2.75) is 0 Å². The predicted octanol–water partition coefficient (Wildman–Crippen LogP) is 2.55. The summed E-state index contributed by atoms with van der Waals surface area (Å²) in [4.78, 5) is 25.7. The van der Waals surface area contributed by atoms with E-state index in [4.69, 9.17) is 23.2 Å². The van der Waals surface area contributed by atoms with Gasteiger partial charge in [-0.05, 0) is 30.0 Å². The van der Waals surface area contributed by atoms with Crippen LogP contribution < -0.4 is 5.32 Å². The minimum atomic E-state index is -0.322. The van der Waals surface area contributed by atoms with Crippen LogP contribution in [0.3, 0.4) is 0 Å². The van der Waals surface area contributed by atoms with E-state index in [1.807, 2.05) is 6.26 Å². The summed E-state index contributed by atoms with van der Waals surface area (Å²) in [6.07, 6.45) is 5.02. The molecule has 2 amide bonds. The van der Waals surface area contributed by atoms with Gasteiger partial charge in [-0.25, -0.2) is 4.31 Å². The summed E-state index contributed by atoms with van der Waals surface area (Å²) in [6, 6.07) is 5.09. The number of piperazine rings is 1. The third kappa shape index (κ3) is 5.70. The molecule has 0 bridgehead atoms. The first-order valence-electron chi connectivity index (χ1n) is 7.47. The highest BCUT2D eigenvalue weighted by molar-refractivity contribution is 7.96. The maximum absolute atomic E-state index is 12.1. The highest BCUT2D eigenvalue weighted by Crippen LogP contribution is 2.23. The molecule has 130 valence electrons. The molecule has 0 spiro atoms. The van der Waals surface area contributed by atoms with E-state index >= 15 is 0 Å². The van der Waals surface area contributed by atoms with Gasteiger partial charge in [-0.3, -0.25) is 9.59 Å². The fourth-order valence-corrected chi connectivity index (χ4v) is 3.08. The van der Waals surface area contributed by atoms with E-state index < -0.39 is 0 Å². The summed E-state index contributed by atoms with van der Waals surface area (Å²) in [5.74, 6) is -0.385. The molecular weight excluding hydrogens is 369 g/mol. The number of carbonyl (C=O) groups excluding carboxylic acids is 2. The van der Waals surface area contributed by atoms with Crippen LogP contribution in [0.2, 0.25) is 10.0 Å². The fraction of sp³-hybridized carbons (Fsp3) is 0.375. The van der Waals surface area contributed by atoms with Crippen molar-refractivity contribution in [1.82, 2.24) is 14.5 Å². The molecule has 1 saturated heterocycles. The molecule has 0 atom stereocenters. The van der Waals surface area contributed by atoms with Gasteiger partial charge in [-0.2, -0.15) is 0 Å². The van der Waals surface area contributed by atoms with Crippen LogP contribution in [-0.2, 0) is 9.59 Å². The van der Waals surface area contributed by atoms with Gasteiger partial charge in [0.05, 0.1) is 16.6 Å². The minimum Gasteiger partial charge on any atom is -0.343 e. The smallest absolute Gasteiger partial charge is 0.244 e. The molecule has 0 saturated carbocycles. The molecule has 1 fully saturated rings. The molecule has 0 radical (unpaired) electrons. The number of hydrogen-bond acceptors (Lipinski definition) is 4. The van der Waals surface area contributed by atoms with Gasteiger partial charge < -0.3 is 10.2 Å². The quantitative estimate of drug-likeness (QED) is 0.622. The molecule has 1 aliphatic rings. The monoisotopic (exact) mass is 387 g/mol. The molecule has 0 unspecified atom stereocenters. The molecule has 0 aromatic heterocycles. The highest BCUT2D eigenvalue weighted by atomic mass is 35.5. The lowest BCUT2D eigenvalue weighted by Gasteiger charge is -2.33. The molecule has 0 aliphatic carbocycles. The largest absolute Gasteiger partial charge is 0.343 e. The zero-order chi connectivity index (χ0) is 17.5. The van der Waals surface area contributed by atoms with Gasteiger partial charge in [0.25, 0.3) is 0 Å². The minimum absolute atomic E-state index is 0.00378. The molecule has 2 rings (SSSR count). The Labute approximate surface area is 156 Å². The second-order valence-electron chi connectivity index (χ2n) is 5.22. The number of nitrogens with zero attached hydrogens (tertiary/aromatic N) is 2. The van der Waals surface area contributed by atoms with Crippen LogP contribution in [-0.4, -0.2) is 60.0 Å². The van der Waals surface area contributed by atoms with Crippen molar-refractivity contribution in [1.29, 1.82) is 0 Å². The lowest BCUT2D eigenvalue weighted by atomic mass is 10.2. The standard InChI is InChI=1S/C16H19Cl2N3O2S/c1-24-21-8-6-20(7-9-21)16(23)11-19-15(22)5-3-12-2-4-13(17)14(18)10-12/h2-5,10H,6-9,11H2,1H3,(H,19,22)/b5-3+. The summed E-state index contributed by atoms with van der Waals surface area (Å²) in [5, 5.41) is 3.50. The third-order valence-corrected chi connectivity index (χ3v) is 5.25. The molecule has 8 heteroatoms. The molecule has 24 heavy (non-hydrogen) atoms. The number of benzene rings is 1. The van der Waals surface area contributed by atoms with Crippen molar-refractivity contribution in [3.8, 4) is 0 Å². The molecular formula is C16H19Cl2N3O2S. The van der Waals surface area contributed by atoms with E-state index in [0.717, 1.165) is 18.7 Å². The summed E-state index contributed by atoms with van der Waals surface area (Å²) >= 11 is 13.4. The second kappa shape index (κ2) is 9.32. The van der Waals surface area contributed by atoms with Crippen LogP contribution in [0.1, 0.15) is 5.56 Å². The first-order chi connectivity index (χ1) is 11.5. The third-order valence-electron chi connectivity index (χ3n) is 3.63. The maximum Gasteiger partial charge on any atom is 0.244 e. The predicted molar refractivity (Wildman–Crippen MR) is 100 cm³/mol. The van der Waals surface area contributed by atoms with Gasteiger partial charge in [-0.1, -0.05) is 41.2 Å². The van der Waals surface area contributed by atoms with Gasteiger partial charge in [-0.15, -0.1) is 0 Å². The normalized spacial score (nSPS) is 15.7. The summed E-state index contributed by atoms with van der Waals surface area (Å²) in [7, 11) is 0. The Kier molecular flexibility index (Phi) is 7.42. The van der Waals surface area contributed by atoms with Crippen LogP contribution in [0.5, 0.6) is 0 Å². The molecule has 1 aromatic rings. The van der Waals surface area contributed by atoms with Gasteiger partial charge in [0.15, 0.2) is 0 Å². The number of rotatable bonds is 5. The lowest BCUT2D eigenvalue weighted by Crippen LogP contribution is -2.49. The van der Waals surface area contributed by atoms with Crippen molar-refractivity contribution < 1.29 is 9.59 Å². The topological polar surface area (TPSA) is 52.6 Å². The van der Waals surface area contributed by atoms with Crippen LogP contribution >= 0.6 is 35.1 Å². The average molecular weight is 388 g/mol. The van der Waals surface area contributed by atoms with Crippen LogP contribution in [0.15, 0.2) is 24.3 Å². The first-order valence-corrected chi connectivity index (χ1v) is 9.41. The Morgan fingerprint density at radius 2 is 1.92 bits per heavy atom. The molecule has 1 aromatic carbocycles. The Bertz CT molecular complexity index is 632. The van der Waals surface area contributed by atoms with Gasteiger partial charge in [0.2, 0.25) is 11.8 Å². The Morgan fingerprint density at radius 3 is 2.54 bits per heavy atom. The number of hydrogen-bond donors (Lipinski definition) is 1. The maximum atomic E-state index is 12.1. The molecule has 5 nitrogen and oxygen atoms in total. The Morgan fingerprint density at radius 1 is 1.21 bits per heavy atom. The lowest BCUT2D eigenvalue weighted by molar-refractivity contribution is -0.133. The van der Waals surface area contributed by atoms with Crippen molar-refractivity contribution in [2.75, 3.05) is 39.0 Å². The average Bonchev–Trinajstić information content (AvgIpc) is 2.60. The summed E-state index contributed by atoms with van der Waals surface area (Å²) in [5.41, 5.74) is 0.763. The highest BCUT2D eigenvalue weighted by Gasteiger charge is 2.20. The zero-order valence-electron chi connectivity index (χ0n) is 13.3. The van der Waals surface area contributed by atoms with Crippen molar-refractivity contribution in [3.63, 3.8) is 0 Å². The summed E-state index contributed by atoms with van der Waals surface area (Å²) < 4.78 is 2.21. The molecule has 1 heterocycles. The van der Waals surface area contributed by atoms with E-state index in [9.17, 15) is 9.59 Å². The Balaban J connectivity index is 1.77. The van der Waals surface area contributed by atoms with Crippen LogP contribution in [0, 0.1) is 0 Å². The van der Waals surface area contributed by atoms with Crippen molar-refractivity contribution in [3.05, 3.63) is 39.9 Å². The number of halogens is 2. The number of carbonyl (C=O) groups is 2. The number of nitrogens with one attached hydrogen (secondary N) is 1. The van der Waals surface area contributed by atoms with E-state index in [1.165, 1.54) is 6.08 Å². The fourth-order valence-electron chi connectivity index (χ4n) is 2.24. The van der Waals surface area contributed by atoms with Gasteiger partial charge in [0, 0.05) is 32.3 Å². The molecule has 1 aliphatic heterocycles. The van der Waals surface area contributed by atoms with E-state index in [1.54, 1.807) is 41.1 Å². The second-order valence-corrected chi connectivity index (χ2v) is 6.91. The number of amides is 2. The van der Waals surface area contributed by atoms with Gasteiger partial charge >= 0.3 is 0 Å². The molecule has 1 N–H and O–H groups in total. The zero-order valence-corrected chi connectivity index (χ0v) is 15.6. The van der Waals surface area contributed by atoms with Crippen LogP contribution in [0.4, 0.5) is 0 Å². The van der Waals surface area contributed by atoms with Crippen molar-refractivity contribution >= 4 is 53.0 Å². The SMILES string of the molecule is CSN1CCN(C(=O)CNC(=O)/C=C/c2ccc(Cl)c(Cl)c2)CC1. The van der Waals surface area contributed by atoms with E-state index in [-0.39, 0.29) is 18.4 Å². The first kappa shape index (κ1) is 19.1. The van der Waals surface area contributed by atoms with E-state index in [0.29, 0.717) is 23.1 Å². The van der Waals surface area contributed by atoms with Crippen molar-refractivity contribution in [2.24, 2.45) is 0 Å². The van der Waals surface area contributed by atoms with Gasteiger partial charge in [0.1, 0.15) is 0 Å². The Hall–Kier alpha value is -1.21. The van der Waals surface area contributed by atoms with Crippen LogP contribution in [0.25, 0.3) is 6.08 Å². The van der Waals surface area contributed by atoms with E-state index in [2.05, 4.69) is 9.62 Å².